The summed E-state index contributed by atoms with van der Waals surface area (Å²) in [5.74, 6) is -1.17. The van der Waals surface area contributed by atoms with Crippen molar-refractivity contribution in [2.45, 2.75) is 20.0 Å². The van der Waals surface area contributed by atoms with E-state index in [1.54, 1.807) is 0 Å². The van der Waals surface area contributed by atoms with E-state index in [1.165, 1.54) is 18.2 Å². The lowest BCUT2D eigenvalue weighted by molar-refractivity contribution is 0.0870. The molecule has 84 valence electrons. The normalized spacial score (nSPS) is 10.7. The minimum Gasteiger partial charge on any atom is -0.378 e. The van der Waals surface area contributed by atoms with E-state index in [0.29, 0.717) is 13.2 Å². The largest absolute Gasteiger partial charge is 0.378 e. The fraction of sp³-hybridized carbons (Fsp3) is 0.455. The van der Waals surface area contributed by atoms with Crippen molar-refractivity contribution >= 4 is 5.69 Å². The lowest BCUT2D eigenvalue weighted by Crippen LogP contribution is -2.14. The second kappa shape index (κ2) is 5.66. The van der Waals surface area contributed by atoms with Gasteiger partial charge in [0.15, 0.2) is 0 Å². The molecule has 2 nitrogen and oxygen atoms in total. The number of halogens is 2. The molecule has 0 bridgehead atoms. The standard InChI is InChI=1S/C11H15F2NO/c1-8(2)15-7-6-14-11-9(12)4-3-5-10(11)13/h3-5,8,14H,6-7H2,1-2H3. The highest BCUT2D eigenvalue weighted by Gasteiger charge is 2.06. The van der Waals surface area contributed by atoms with Crippen LogP contribution < -0.4 is 5.32 Å². The van der Waals surface area contributed by atoms with E-state index in [9.17, 15) is 8.78 Å². The Morgan fingerprint density at radius 2 is 1.87 bits per heavy atom. The first-order valence-electron chi connectivity index (χ1n) is 4.90. The average Bonchev–Trinajstić information content (AvgIpc) is 2.15. The van der Waals surface area contributed by atoms with Gasteiger partial charge in [0.1, 0.15) is 17.3 Å². The summed E-state index contributed by atoms with van der Waals surface area (Å²) in [6, 6.07) is 3.77. The van der Waals surface area contributed by atoms with Crippen molar-refractivity contribution in [3.05, 3.63) is 29.8 Å². The first-order chi connectivity index (χ1) is 7.11. The minimum atomic E-state index is -0.584. The second-order valence-electron chi connectivity index (χ2n) is 3.44. The van der Waals surface area contributed by atoms with Gasteiger partial charge in [0.25, 0.3) is 0 Å². The molecule has 1 N–H and O–H groups in total. The molecular weight excluding hydrogens is 200 g/mol. The molecule has 1 aromatic carbocycles. The average molecular weight is 215 g/mol. The third kappa shape index (κ3) is 3.83. The van der Waals surface area contributed by atoms with E-state index in [0.717, 1.165) is 0 Å². The Kier molecular flexibility index (Phi) is 4.49. The molecule has 1 aromatic rings. The Balaban J connectivity index is 2.43. The maximum Gasteiger partial charge on any atom is 0.149 e. The molecule has 0 amide bonds. The molecule has 0 saturated heterocycles. The summed E-state index contributed by atoms with van der Waals surface area (Å²) < 4.78 is 31.4. The van der Waals surface area contributed by atoms with Gasteiger partial charge in [-0.25, -0.2) is 8.78 Å². The molecule has 0 saturated carbocycles. The highest BCUT2D eigenvalue weighted by atomic mass is 19.1. The summed E-state index contributed by atoms with van der Waals surface area (Å²) in [6.07, 6.45) is 0.122. The van der Waals surface area contributed by atoms with Crippen molar-refractivity contribution in [2.24, 2.45) is 0 Å². The van der Waals surface area contributed by atoms with Gasteiger partial charge >= 0.3 is 0 Å². The molecule has 0 unspecified atom stereocenters. The Morgan fingerprint density at radius 3 is 2.40 bits per heavy atom. The molecule has 0 radical (unpaired) electrons. The quantitative estimate of drug-likeness (QED) is 0.762. The number of hydrogen-bond acceptors (Lipinski definition) is 2. The summed E-state index contributed by atoms with van der Waals surface area (Å²) in [4.78, 5) is 0. The van der Waals surface area contributed by atoms with Gasteiger partial charge in [-0.3, -0.25) is 0 Å². The maximum absolute atomic E-state index is 13.1. The predicted octanol–water partition coefficient (Wildman–Crippen LogP) is 2.80. The number of para-hydroxylation sites is 1. The van der Waals surface area contributed by atoms with Crippen LogP contribution in [0.4, 0.5) is 14.5 Å². The number of rotatable bonds is 5. The highest BCUT2D eigenvalue weighted by Crippen LogP contribution is 2.17. The molecule has 0 heterocycles. The van der Waals surface area contributed by atoms with Gasteiger partial charge in [-0.1, -0.05) is 6.07 Å². The van der Waals surface area contributed by atoms with Gasteiger partial charge in [0, 0.05) is 6.54 Å². The van der Waals surface area contributed by atoms with Gasteiger partial charge in [0.2, 0.25) is 0 Å². The second-order valence-corrected chi connectivity index (χ2v) is 3.44. The molecule has 0 aliphatic heterocycles. The monoisotopic (exact) mass is 215 g/mol. The van der Waals surface area contributed by atoms with Crippen molar-refractivity contribution in [2.75, 3.05) is 18.5 Å². The SMILES string of the molecule is CC(C)OCCNc1c(F)cccc1F. The molecular formula is C11H15F2NO. The van der Waals surface area contributed by atoms with Gasteiger partial charge in [-0.2, -0.15) is 0 Å². The Morgan fingerprint density at radius 1 is 1.27 bits per heavy atom. The lowest BCUT2D eigenvalue weighted by atomic mass is 10.3. The molecule has 0 atom stereocenters. The summed E-state index contributed by atoms with van der Waals surface area (Å²) in [5, 5.41) is 2.66. The van der Waals surface area contributed by atoms with Crippen LogP contribution >= 0.6 is 0 Å². The molecule has 4 heteroatoms. The molecule has 0 spiro atoms. The van der Waals surface area contributed by atoms with E-state index in [-0.39, 0.29) is 11.8 Å². The van der Waals surface area contributed by atoms with E-state index < -0.39 is 11.6 Å². The summed E-state index contributed by atoms with van der Waals surface area (Å²) in [7, 11) is 0. The van der Waals surface area contributed by atoms with Crippen LogP contribution in [-0.2, 0) is 4.74 Å². The van der Waals surface area contributed by atoms with Crippen LogP contribution in [0.2, 0.25) is 0 Å². The van der Waals surface area contributed by atoms with Crippen LogP contribution in [0.3, 0.4) is 0 Å². The Hall–Kier alpha value is -1.16. The molecule has 0 aliphatic carbocycles. The minimum absolute atomic E-state index is 0.0927. The maximum atomic E-state index is 13.1. The van der Waals surface area contributed by atoms with Crippen LogP contribution in [0.1, 0.15) is 13.8 Å². The smallest absolute Gasteiger partial charge is 0.149 e. The molecule has 0 aromatic heterocycles. The van der Waals surface area contributed by atoms with E-state index in [2.05, 4.69) is 5.32 Å². The first-order valence-corrected chi connectivity index (χ1v) is 4.90. The van der Waals surface area contributed by atoms with Crippen LogP contribution in [0.5, 0.6) is 0 Å². The van der Waals surface area contributed by atoms with Crippen molar-refractivity contribution in [1.29, 1.82) is 0 Å². The van der Waals surface area contributed by atoms with Crippen LogP contribution in [0, 0.1) is 11.6 Å². The predicted molar refractivity (Wildman–Crippen MR) is 55.9 cm³/mol. The Labute approximate surface area is 88.3 Å². The van der Waals surface area contributed by atoms with E-state index in [4.69, 9.17) is 4.74 Å². The van der Waals surface area contributed by atoms with Gasteiger partial charge in [0.05, 0.1) is 12.7 Å². The van der Waals surface area contributed by atoms with Gasteiger partial charge in [-0.05, 0) is 26.0 Å². The van der Waals surface area contributed by atoms with E-state index in [1.807, 2.05) is 13.8 Å². The van der Waals surface area contributed by atoms with Crippen LogP contribution in [0.15, 0.2) is 18.2 Å². The molecule has 1 rings (SSSR count). The summed E-state index contributed by atoms with van der Waals surface area (Å²) in [5.41, 5.74) is -0.0927. The third-order valence-corrected chi connectivity index (χ3v) is 1.82. The van der Waals surface area contributed by atoms with Gasteiger partial charge < -0.3 is 10.1 Å². The van der Waals surface area contributed by atoms with E-state index >= 15 is 0 Å². The zero-order chi connectivity index (χ0) is 11.3. The lowest BCUT2D eigenvalue weighted by Gasteiger charge is -2.10. The number of hydrogen-bond donors (Lipinski definition) is 1. The molecule has 15 heavy (non-hydrogen) atoms. The molecule has 0 fully saturated rings. The van der Waals surface area contributed by atoms with Crippen molar-refractivity contribution in [3.63, 3.8) is 0 Å². The number of anilines is 1. The number of ether oxygens (including phenoxy) is 1. The summed E-state index contributed by atoms with van der Waals surface area (Å²) >= 11 is 0. The summed E-state index contributed by atoms with van der Waals surface area (Å²) in [6.45, 7) is 4.62. The van der Waals surface area contributed by atoms with Crippen LogP contribution in [0.25, 0.3) is 0 Å². The third-order valence-electron chi connectivity index (χ3n) is 1.82. The fourth-order valence-corrected chi connectivity index (χ4v) is 1.14. The van der Waals surface area contributed by atoms with Crippen molar-refractivity contribution in [1.82, 2.24) is 0 Å². The Bertz CT molecular complexity index is 295. The topological polar surface area (TPSA) is 21.3 Å². The van der Waals surface area contributed by atoms with Gasteiger partial charge in [-0.15, -0.1) is 0 Å². The molecule has 0 aliphatic rings. The zero-order valence-electron chi connectivity index (χ0n) is 8.89. The van der Waals surface area contributed by atoms with Crippen LogP contribution in [-0.4, -0.2) is 19.3 Å². The van der Waals surface area contributed by atoms with Crippen molar-refractivity contribution in [3.8, 4) is 0 Å². The first kappa shape index (κ1) is 11.9. The fourth-order valence-electron chi connectivity index (χ4n) is 1.14. The highest BCUT2D eigenvalue weighted by molar-refractivity contribution is 5.45. The van der Waals surface area contributed by atoms with Crippen molar-refractivity contribution < 1.29 is 13.5 Å². The number of benzene rings is 1. The number of nitrogens with one attached hydrogen (secondary N) is 1. The zero-order valence-corrected chi connectivity index (χ0v) is 8.89.